The number of hydrogen-bond donors (Lipinski definition) is 2. The molecular weight excluding hydrogens is 340 g/mol. The molecule has 0 aliphatic carbocycles. The van der Waals surface area contributed by atoms with Crippen LogP contribution in [0.3, 0.4) is 0 Å². The van der Waals surface area contributed by atoms with E-state index in [0.717, 1.165) is 5.56 Å². The topological polar surface area (TPSA) is 76.1 Å². The Labute approximate surface area is 158 Å². The van der Waals surface area contributed by atoms with Gasteiger partial charge in [-0.05, 0) is 43.7 Å². The Hall–Kier alpha value is -3.41. The van der Waals surface area contributed by atoms with Crippen molar-refractivity contribution in [2.24, 2.45) is 0 Å². The van der Waals surface area contributed by atoms with Crippen molar-refractivity contribution in [3.63, 3.8) is 0 Å². The predicted octanol–water partition coefficient (Wildman–Crippen LogP) is 4.36. The van der Waals surface area contributed by atoms with Crippen molar-refractivity contribution in [1.29, 1.82) is 0 Å². The van der Waals surface area contributed by atoms with Gasteiger partial charge in [-0.25, -0.2) is 9.97 Å². The van der Waals surface area contributed by atoms with Crippen molar-refractivity contribution in [2.75, 3.05) is 17.7 Å². The number of benzene rings is 2. The van der Waals surface area contributed by atoms with E-state index in [-0.39, 0.29) is 11.8 Å². The maximum atomic E-state index is 12.5. The first-order valence-electron chi connectivity index (χ1n) is 8.70. The van der Waals surface area contributed by atoms with Crippen LogP contribution in [0.25, 0.3) is 0 Å². The van der Waals surface area contributed by atoms with Crippen LogP contribution >= 0.6 is 0 Å². The lowest BCUT2D eigenvalue weighted by Gasteiger charge is -2.13. The monoisotopic (exact) mass is 362 g/mol. The SMILES string of the molecule is CNc1cc(Oc2ccc(NC(=O)C(C)c3ccc(C)cc3)cc2)ncn1. The maximum absolute atomic E-state index is 12.5. The van der Waals surface area contributed by atoms with Crippen LogP contribution in [0.15, 0.2) is 60.9 Å². The molecule has 1 aromatic heterocycles. The van der Waals surface area contributed by atoms with Crippen molar-refractivity contribution in [3.8, 4) is 11.6 Å². The van der Waals surface area contributed by atoms with E-state index in [0.29, 0.717) is 23.1 Å². The van der Waals surface area contributed by atoms with Gasteiger partial charge >= 0.3 is 0 Å². The fraction of sp³-hybridized carbons (Fsp3) is 0.190. The molecule has 138 valence electrons. The number of hydrogen-bond acceptors (Lipinski definition) is 5. The molecular formula is C21H22N4O2. The van der Waals surface area contributed by atoms with Crippen LogP contribution in [0, 0.1) is 6.92 Å². The Morgan fingerprint density at radius 3 is 2.41 bits per heavy atom. The van der Waals surface area contributed by atoms with E-state index >= 15 is 0 Å². The second-order valence-electron chi connectivity index (χ2n) is 6.24. The summed E-state index contributed by atoms with van der Waals surface area (Å²) in [7, 11) is 1.78. The Balaban J connectivity index is 1.62. The Kier molecular flexibility index (Phi) is 5.66. The summed E-state index contributed by atoms with van der Waals surface area (Å²) in [6.45, 7) is 3.92. The lowest BCUT2D eigenvalue weighted by atomic mass is 9.99. The average molecular weight is 362 g/mol. The zero-order valence-electron chi connectivity index (χ0n) is 15.6. The molecule has 3 aromatic rings. The molecule has 1 amide bonds. The number of aromatic nitrogens is 2. The average Bonchev–Trinajstić information content (AvgIpc) is 2.69. The maximum Gasteiger partial charge on any atom is 0.231 e. The van der Waals surface area contributed by atoms with Gasteiger partial charge in [-0.1, -0.05) is 29.8 Å². The van der Waals surface area contributed by atoms with Gasteiger partial charge in [-0.15, -0.1) is 0 Å². The van der Waals surface area contributed by atoms with Crippen LogP contribution in [-0.2, 0) is 4.79 Å². The van der Waals surface area contributed by atoms with Gasteiger partial charge in [0.25, 0.3) is 0 Å². The molecule has 2 aromatic carbocycles. The number of carbonyl (C=O) groups excluding carboxylic acids is 1. The van der Waals surface area contributed by atoms with E-state index in [2.05, 4.69) is 20.6 Å². The number of carbonyl (C=O) groups is 1. The van der Waals surface area contributed by atoms with Crippen molar-refractivity contribution in [2.45, 2.75) is 19.8 Å². The van der Waals surface area contributed by atoms with Crippen molar-refractivity contribution in [3.05, 3.63) is 72.1 Å². The van der Waals surface area contributed by atoms with Crippen LogP contribution < -0.4 is 15.4 Å². The molecule has 3 rings (SSSR count). The number of nitrogens with zero attached hydrogens (tertiary/aromatic N) is 2. The second kappa shape index (κ2) is 8.31. The molecule has 2 N–H and O–H groups in total. The van der Waals surface area contributed by atoms with Crippen LogP contribution in [0.1, 0.15) is 24.0 Å². The Morgan fingerprint density at radius 2 is 1.74 bits per heavy atom. The molecule has 6 heteroatoms. The highest BCUT2D eigenvalue weighted by atomic mass is 16.5. The Morgan fingerprint density at radius 1 is 1.04 bits per heavy atom. The first-order chi connectivity index (χ1) is 13.0. The third-order valence-corrected chi connectivity index (χ3v) is 4.21. The molecule has 1 atom stereocenters. The van der Waals surface area contributed by atoms with Crippen LogP contribution in [0.2, 0.25) is 0 Å². The zero-order chi connectivity index (χ0) is 19.2. The standard InChI is InChI=1S/C21H22N4O2/c1-14-4-6-16(7-5-14)15(2)21(26)25-17-8-10-18(11-9-17)27-20-12-19(22-3)23-13-24-20/h4-13,15H,1-3H3,(H,25,26)(H,22,23,24). The number of rotatable bonds is 6. The van der Waals surface area contributed by atoms with Gasteiger partial charge in [0.15, 0.2) is 0 Å². The minimum atomic E-state index is -0.234. The molecule has 1 heterocycles. The lowest BCUT2D eigenvalue weighted by molar-refractivity contribution is -0.117. The zero-order valence-corrected chi connectivity index (χ0v) is 15.6. The molecule has 0 radical (unpaired) electrons. The molecule has 0 aliphatic heterocycles. The minimum Gasteiger partial charge on any atom is -0.439 e. The summed E-state index contributed by atoms with van der Waals surface area (Å²) in [5, 5.41) is 5.87. The van der Waals surface area contributed by atoms with Gasteiger partial charge in [-0.3, -0.25) is 4.79 Å². The van der Waals surface area contributed by atoms with E-state index in [9.17, 15) is 4.79 Å². The van der Waals surface area contributed by atoms with E-state index < -0.39 is 0 Å². The third kappa shape index (κ3) is 4.82. The summed E-state index contributed by atoms with van der Waals surface area (Å²) < 4.78 is 5.70. The minimum absolute atomic E-state index is 0.0537. The first-order valence-corrected chi connectivity index (χ1v) is 8.70. The van der Waals surface area contributed by atoms with Crippen molar-refractivity contribution in [1.82, 2.24) is 9.97 Å². The largest absolute Gasteiger partial charge is 0.439 e. The van der Waals surface area contributed by atoms with E-state index in [4.69, 9.17) is 4.74 Å². The fourth-order valence-electron chi connectivity index (χ4n) is 2.52. The summed E-state index contributed by atoms with van der Waals surface area (Å²) in [6.07, 6.45) is 1.43. The normalized spacial score (nSPS) is 11.5. The summed E-state index contributed by atoms with van der Waals surface area (Å²) in [6, 6.07) is 16.9. The van der Waals surface area contributed by atoms with Crippen LogP contribution in [-0.4, -0.2) is 22.9 Å². The molecule has 0 bridgehead atoms. The summed E-state index contributed by atoms with van der Waals surface area (Å²) in [5.74, 6) is 1.46. The second-order valence-corrected chi connectivity index (χ2v) is 6.24. The highest BCUT2D eigenvalue weighted by Crippen LogP contribution is 2.24. The van der Waals surface area contributed by atoms with Crippen molar-refractivity contribution < 1.29 is 9.53 Å². The number of nitrogens with one attached hydrogen (secondary N) is 2. The summed E-state index contributed by atoms with van der Waals surface area (Å²) >= 11 is 0. The van der Waals surface area contributed by atoms with Crippen LogP contribution in [0.4, 0.5) is 11.5 Å². The highest BCUT2D eigenvalue weighted by Gasteiger charge is 2.15. The number of amides is 1. The van der Waals surface area contributed by atoms with Gasteiger partial charge in [0.1, 0.15) is 17.9 Å². The predicted molar refractivity (Wildman–Crippen MR) is 106 cm³/mol. The molecule has 0 saturated heterocycles. The van der Waals surface area contributed by atoms with Gasteiger partial charge in [0.2, 0.25) is 11.8 Å². The van der Waals surface area contributed by atoms with E-state index in [1.807, 2.05) is 38.1 Å². The lowest BCUT2D eigenvalue weighted by Crippen LogP contribution is -2.18. The molecule has 0 fully saturated rings. The first kappa shape index (κ1) is 18.4. The molecule has 0 saturated carbocycles. The molecule has 6 nitrogen and oxygen atoms in total. The third-order valence-electron chi connectivity index (χ3n) is 4.21. The Bertz CT molecular complexity index is 908. The quantitative estimate of drug-likeness (QED) is 0.681. The number of ether oxygens (including phenoxy) is 1. The van der Waals surface area contributed by atoms with Gasteiger partial charge < -0.3 is 15.4 Å². The number of aryl methyl sites for hydroxylation is 1. The van der Waals surface area contributed by atoms with Gasteiger partial charge in [-0.2, -0.15) is 0 Å². The van der Waals surface area contributed by atoms with Crippen LogP contribution in [0.5, 0.6) is 11.6 Å². The fourth-order valence-corrected chi connectivity index (χ4v) is 2.52. The molecule has 27 heavy (non-hydrogen) atoms. The van der Waals surface area contributed by atoms with E-state index in [1.54, 1.807) is 37.4 Å². The van der Waals surface area contributed by atoms with Gasteiger partial charge in [0, 0.05) is 18.8 Å². The van der Waals surface area contributed by atoms with E-state index in [1.165, 1.54) is 11.9 Å². The molecule has 0 aliphatic rings. The summed E-state index contributed by atoms with van der Waals surface area (Å²) in [4.78, 5) is 20.6. The molecule has 1 unspecified atom stereocenters. The summed E-state index contributed by atoms with van der Waals surface area (Å²) in [5.41, 5.74) is 2.87. The highest BCUT2D eigenvalue weighted by molar-refractivity contribution is 5.95. The smallest absolute Gasteiger partial charge is 0.231 e. The van der Waals surface area contributed by atoms with Gasteiger partial charge in [0.05, 0.1) is 5.92 Å². The molecule has 0 spiro atoms. The number of anilines is 2. The van der Waals surface area contributed by atoms with Crippen molar-refractivity contribution >= 4 is 17.4 Å².